The maximum atomic E-state index is 12.3. The first-order chi connectivity index (χ1) is 12.3. The molecule has 2 aromatic rings. The van der Waals surface area contributed by atoms with Gasteiger partial charge in [-0.05, 0) is 26.0 Å². The van der Waals surface area contributed by atoms with Gasteiger partial charge in [0.05, 0.1) is 31.2 Å². The topological polar surface area (TPSA) is 112 Å². The van der Waals surface area contributed by atoms with E-state index in [2.05, 4.69) is 10.4 Å². The predicted octanol–water partition coefficient (Wildman–Crippen LogP) is 1.77. The monoisotopic (exact) mass is 363 g/mol. The van der Waals surface area contributed by atoms with Crippen molar-refractivity contribution in [2.75, 3.05) is 26.1 Å². The second-order valence-electron chi connectivity index (χ2n) is 5.52. The van der Waals surface area contributed by atoms with Gasteiger partial charge in [0.25, 0.3) is 5.91 Å². The van der Waals surface area contributed by atoms with Gasteiger partial charge in [-0.25, -0.2) is 4.79 Å². The zero-order valence-electron chi connectivity index (χ0n) is 15.2. The SMILES string of the molecule is COc1cc(C(=O)O)cc(NC(=O)COc2c(C)nn(C)c2C)c1OC. The van der Waals surface area contributed by atoms with Gasteiger partial charge in [0.1, 0.15) is 5.69 Å². The van der Waals surface area contributed by atoms with Crippen LogP contribution in [0, 0.1) is 13.8 Å². The molecule has 0 aliphatic carbocycles. The standard InChI is InChI=1S/C17H21N3O6/c1-9-15(10(2)20(3)19-9)26-8-14(21)18-12-6-11(17(22)23)7-13(24-4)16(12)25-5/h6-7H,8H2,1-5H3,(H,18,21)(H,22,23). The Morgan fingerprint density at radius 2 is 1.88 bits per heavy atom. The third-order valence-corrected chi connectivity index (χ3v) is 3.79. The van der Waals surface area contributed by atoms with Crippen molar-refractivity contribution in [2.24, 2.45) is 7.05 Å². The molecule has 2 rings (SSSR count). The lowest BCUT2D eigenvalue weighted by atomic mass is 10.1. The summed E-state index contributed by atoms with van der Waals surface area (Å²) < 4.78 is 17.6. The number of aromatic carboxylic acids is 1. The van der Waals surface area contributed by atoms with Gasteiger partial charge in [-0.2, -0.15) is 5.10 Å². The van der Waals surface area contributed by atoms with E-state index in [0.717, 1.165) is 5.69 Å². The summed E-state index contributed by atoms with van der Waals surface area (Å²) in [6.07, 6.45) is 0. The second kappa shape index (κ2) is 7.77. The third kappa shape index (κ3) is 3.88. The molecule has 0 radical (unpaired) electrons. The first-order valence-corrected chi connectivity index (χ1v) is 7.70. The van der Waals surface area contributed by atoms with Crippen LogP contribution in [0.5, 0.6) is 17.2 Å². The predicted molar refractivity (Wildman–Crippen MR) is 93.3 cm³/mol. The third-order valence-electron chi connectivity index (χ3n) is 3.79. The Balaban J connectivity index is 2.20. The Morgan fingerprint density at radius 1 is 1.19 bits per heavy atom. The van der Waals surface area contributed by atoms with E-state index in [1.807, 2.05) is 6.92 Å². The van der Waals surface area contributed by atoms with Crippen molar-refractivity contribution in [3.8, 4) is 17.2 Å². The molecule has 26 heavy (non-hydrogen) atoms. The highest BCUT2D eigenvalue weighted by Gasteiger charge is 2.18. The van der Waals surface area contributed by atoms with E-state index in [-0.39, 0.29) is 29.4 Å². The maximum Gasteiger partial charge on any atom is 0.335 e. The van der Waals surface area contributed by atoms with E-state index in [1.165, 1.54) is 26.4 Å². The van der Waals surface area contributed by atoms with Gasteiger partial charge in [0.2, 0.25) is 0 Å². The van der Waals surface area contributed by atoms with Gasteiger partial charge < -0.3 is 24.6 Å². The molecule has 1 amide bonds. The van der Waals surface area contributed by atoms with Crippen molar-refractivity contribution in [1.29, 1.82) is 0 Å². The fourth-order valence-corrected chi connectivity index (χ4v) is 2.47. The number of carboxylic acids is 1. The number of hydrogen-bond donors (Lipinski definition) is 2. The highest BCUT2D eigenvalue weighted by molar-refractivity contribution is 5.97. The average molecular weight is 363 g/mol. The molecule has 0 aliphatic heterocycles. The molecule has 140 valence electrons. The molecule has 0 bridgehead atoms. The minimum absolute atomic E-state index is 0.0437. The number of hydrogen-bond acceptors (Lipinski definition) is 6. The summed E-state index contributed by atoms with van der Waals surface area (Å²) in [5, 5.41) is 16.0. The molecule has 0 spiro atoms. The number of methoxy groups -OCH3 is 2. The van der Waals surface area contributed by atoms with Gasteiger partial charge in [-0.3, -0.25) is 9.48 Å². The lowest BCUT2D eigenvalue weighted by molar-refractivity contribution is -0.118. The van der Waals surface area contributed by atoms with Gasteiger partial charge in [-0.1, -0.05) is 0 Å². The van der Waals surface area contributed by atoms with Crippen molar-refractivity contribution >= 4 is 17.6 Å². The van der Waals surface area contributed by atoms with Crippen LogP contribution < -0.4 is 19.5 Å². The molecule has 2 N–H and O–H groups in total. The van der Waals surface area contributed by atoms with Crippen LogP contribution in [0.3, 0.4) is 0 Å². The Kier molecular flexibility index (Phi) is 5.71. The summed E-state index contributed by atoms with van der Waals surface area (Å²) in [6.45, 7) is 3.35. The van der Waals surface area contributed by atoms with E-state index in [9.17, 15) is 14.7 Å². The number of aromatic nitrogens is 2. The van der Waals surface area contributed by atoms with Crippen LogP contribution in [0.25, 0.3) is 0 Å². The number of ether oxygens (including phenoxy) is 3. The van der Waals surface area contributed by atoms with Crippen LogP contribution in [0.15, 0.2) is 12.1 Å². The number of aryl methyl sites for hydroxylation is 2. The average Bonchev–Trinajstić information content (AvgIpc) is 2.84. The molecule has 0 unspecified atom stereocenters. The fourth-order valence-electron chi connectivity index (χ4n) is 2.47. The van der Waals surface area contributed by atoms with Crippen LogP contribution in [-0.2, 0) is 11.8 Å². The van der Waals surface area contributed by atoms with Crippen LogP contribution in [0.2, 0.25) is 0 Å². The molecule has 9 nitrogen and oxygen atoms in total. The van der Waals surface area contributed by atoms with Gasteiger partial charge >= 0.3 is 5.97 Å². The molecule has 0 fully saturated rings. The van der Waals surface area contributed by atoms with Gasteiger partial charge in [0.15, 0.2) is 23.9 Å². The largest absolute Gasteiger partial charge is 0.493 e. The minimum atomic E-state index is -1.15. The number of nitrogens with zero attached hydrogens (tertiary/aromatic N) is 2. The van der Waals surface area contributed by atoms with Crippen molar-refractivity contribution in [3.05, 3.63) is 29.1 Å². The van der Waals surface area contributed by atoms with Crippen LogP contribution in [0.4, 0.5) is 5.69 Å². The van der Waals surface area contributed by atoms with Crippen LogP contribution in [0.1, 0.15) is 21.7 Å². The highest BCUT2D eigenvalue weighted by Crippen LogP contribution is 2.36. The Morgan fingerprint density at radius 3 is 2.38 bits per heavy atom. The van der Waals surface area contributed by atoms with E-state index in [4.69, 9.17) is 14.2 Å². The zero-order valence-corrected chi connectivity index (χ0v) is 15.2. The minimum Gasteiger partial charge on any atom is -0.493 e. The highest BCUT2D eigenvalue weighted by atomic mass is 16.5. The second-order valence-corrected chi connectivity index (χ2v) is 5.52. The summed E-state index contributed by atoms with van der Waals surface area (Å²) in [5.74, 6) is -0.677. The summed E-state index contributed by atoms with van der Waals surface area (Å²) in [7, 11) is 4.56. The molecule has 0 aliphatic rings. The first kappa shape index (κ1) is 19.1. The van der Waals surface area contributed by atoms with E-state index < -0.39 is 11.9 Å². The zero-order chi connectivity index (χ0) is 19.4. The van der Waals surface area contributed by atoms with Crippen molar-refractivity contribution in [1.82, 2.24) is 9.78 Å². The van der Waals surface area contributed by atoms with E-state index in [1.54, 1.807) is 18.7 Å². The maximum absolute atomic E-state index is 12.3. The summed E-state index contributed by atoms with van der Waals surface area (Å²) in [5.41, 5.74) is 1.60. The van der Waals surface area contributed by atoms with Crippen LogP contribution in [-0.4, -0.2) is 47.6 Å². The lowest BCUT2D eigenvalue weighted by Gasteiger charge is -2.15. The number of rotatable bonds is 7. The number of carbonyl (C=O) groups is 2. The number of anilines is 1. The van der Waals surface area contributed by atoms with Gasteiger partial charge in [0, 0.05) is 7.05 Å². The molecule has 1 aromatic heterocycles. The number of carboxylic acid groups (broad SMARTS) is 1. The molecule has 0 atom stereocenters. The number of carbonyl (C=O) groups excluding carboxylic acids is 1. The Labute approximate surface area is 150 Å². The molecule has 9 heteroatoms. The van der Waals surface area contributed by atoms with Crippen molar-refractivity contribution < 1.29 is 28.9 Å². The molecule has 1 heterocycles. The van der Waals surface area contributed by atoms with Crippen molar-refractivity contribution in [2.45, 2.75) is 13.8 Å². The quantitative estimate of drug-likeness (QED) is 0.771. The summed E-state index contributed by atoms with van der Waals surface area (Å²) in [6, 6.07) is 2.61. The first-order valence-electron chi connectivity index (χ1n) is 7.70. The molecule has 0 saturated heterocycles. The van der Waals surface area contributed by atoms with E-state index in [0.29, 0.717) is 11.4 Å². The number of nitrogens with one attached hydrogen (secondary N) is 1. The Bertz CT molecular complexity index is 844. The van der Waals surface area contributed by atoms with Crippen LogP contribution >= 0.6 is 0 Å². The molecule has 0 saturated carbocycles. The fraction of sp³-hybridized carbons (Fsp3) is 0.353. The summed E-state index contributed by atoms with van der Waals surface area (Å²) >= 11 is 0. The van der Waals surface area contributed by atoms with Crippen molar-refractivity contribution in [3.63, 3.8) is 0 Å². The molecule has 1 aromatic carbocycles. The normalized spacial score (nSPS) is 10.3. The van der Waals surface area contributed by atoms with Gasteiger partial charge in [-0.15, -0.1) is 0 Å². The number of amides is 1. The smallest absolute Gasteiger partial charge is 0.335 e. The molecular formula is C17H21N3O6. The molecular weight excluding hydrogens is 342 g/mol. The summed E-state index contributed by atoms with van der Waals surface area (Å²) in [4.78, 5) is 23.5. The van der Waals surface area contributed by atoms with E-state index >= 15 is 0 Å². The Hall–Kier alpha value is -3.23. The lowest BCUT2D eigenvalue weighted by Crippen LogP contribution is -2.21. The number of benzene rings is 1.